The van der Waals surface area contributed by atoms with Crippen molar-refractivity contribution in [2.24, 2.45) is 10.8 Å². The Kier molecular flexibility index (Phi) is 7.81. The monoisotopic (exact) mass is 637 g/mol. The van der Waals surface area contributed by atoms with Crippen molar-refractivity contribution < 1.29 is 29.0 Å². The number of Topliss-reactive ketones (excluding diaryl/α,β-unsaturated/α-hetero) is 2. The molecule has 0 aromatic heterocycles. The first-order valence-electron chi connectivity index (χ1n) is 12.4. The van der Waals surface area contributed by atoms with Gasteiger partial charge in [-0.2, -0.15) is 0 Å². The van der Waals surface area contributed by atoms with Crippen LogP contribution in [0.3, 0.4) is 0 Å². The molecular weight excluding hydrogens is 606 g/mol. The molecule has 37 heavy (non-hydrogen) atoms. The van der Waals surface area contributed by atoms with Crippen LogP contribution in [0.5, 0.6) is 5.75 Å². The number of carbonyl (C=O) groups excluding carboxylic acids is 2. The van der Waals surface area contributed by atoms with Crippen LogP contribution in [-0.4, -0.2) is 54.4 Å². The maximum atomic E-state index is 13.9. The highest BCUT2D eigenvalue weighted by Crippen LogP contribution is 2.56. The van der Waals surface area contributed by atoms with Gasteiger partial charge >= 0.3 is 5.97 Å². The number of hydrogen-bond donors (Lipinski definition) is 1. The molecule has 7 nitrogen and oxygen atoms in total. The lowest BCUT2D eigenvalue weighted by Crippen LogP contribution is -2.45. The van der Waals surface area contributed by atoms with Gasteiger partial charge in [-0.15, -0.1) is 0 Å². The number of carboxylic acids is 1. The molecule has 0 saturated carbocycles. The van der Waals surface area contributed by atoms with E-state index in [1.54, 1.807) is 13.2 Å². The van der Waals surface area contributed by atoms with Crippen molar-refractivity contribution in [3.63, 3.8) is 0 Å². The van der Waals surface area contributed by atoms with Gasteiger partial charge in [0.05, 0.1) is 11.1 Å². The molecule has 0 saturated heterocycles. The lowest BCUT2D eigenvalue weighted by molar-refractivity contribution is -0.139. The van der Waals surface area contributed by atoms with E-state index in [-0.39, 0.29) is 22.4 Å². The van der Waals surface area contributed by atoms with Crippen LogP contribution in [0.1, 0.15) is 64.9 Å². The quantitative estimate of drug-likeness (QED) is 0.391. The molecule has 1 N–H and O–H groups in total. The summed E-state index contributed by atoms with van der Waals surface area (Å²) in [7, 11) is 1.65. The van der Waals surface area contributed by atoms with Crippen LogP contribution >= 0.6 is 31.9 Å². The summed E-state index contributed by atoms with van der Waals surface area (Å²) in [6.45, 7) is 8.82. The zero-order chi connectivity index (χ0) is 27.3. The Bertz CT molecular complexity index is 1180. The molecule has 1 heterocycles. The molecule has 3 aliphatic rings. The van der Waals surface area contributed by atoms with Crippen LogP contribution in [0.4, 0.5) is 0 Å². The average molecular weight is 639 g/mol. The highest BCUT2D eigenvalue weighted by atomic mass is 79.9. The first kappa shape index (κ1) is 28.0. The van der Waals surface area contributed by atoms with E-state index in [0.717, 1.165) is 15.9 Å². The Morgan fingerprint density at radius 3 is 2.03 bits per heavy atom. The summed E-state index contributed by atoms with van der Waals surface area (Å²) in [5.41, 5.74) is 3.19. The molecule has 4 rings (SSSR count). The molecule has 0 atom stereocenters. The second kappa shape index (κ2) is 10.3. The molecule has 1 aliphatic heterocycles. The van der Waals surface area contributed by atoms with Gasteiger partial charge in [0.25, 0.3) is 0 Å². The van der Waals surface area contributed by atoms with Crippen molar-refractivity contribution in [1.82, 2.24) is 4.90 Å². The summed E-state index contributed by atoms with van der Waals surface area (Å²) in [4.78, 5) is 41.3. The predicted molar refractivity (Wildman–Crippen MR) is 146 cm³/mol. The molecule has 0 bridgehead atoms. The van der Waals surface area contributed by atoms with Gasteiger partial charge < -0.3 is 19.5 Å². The van der Waals surface area contributed by atoms with Gasteiger partial charge in [-0.1, -0.05) is 43.6 Å². The Morgan fingerprint density at radius 1 is 1.00 bits per heavy atom. The number of ether oxygens (including phenoxy) is 2. The minimum absolute atomic E-state index is 0.00290. The van der Waals surface area contributed by atoms with Crippen molar-refractivity contribution in [2.45, 2.75) is 59.3 Å². The number of benzene rings is 1. The number of allylic oxidation sites excluding steroid dienone is 4. The smallest absolute Gasteiger partial charge is 0.341 e. The van der Waals surface area contributed by atoms with Gasteiger partial charge in [0, 0.05) is 65.0 Å². The number of halogens is 2. The SMILES string of the molecule is COCCN1C2=C(C(=O)CC(C)(C)C2)C(c2cc(Br)cc(Br)c2OCC(=O)O)C2=C1CC(C)(C)CC2=O. The Hall–Kier alpha value is -1.97. The van der Waals surface area contributed by atoms with E-state index >= 15 is 0 Å². The van der Waals surface area contributed by atoms with Crippen molar-refractivity contribution in [3.05, 3.63) is 49.2 Å². The van der Waals surface area contributed by atoms with Gasteiger partial charge in [-0.3, -0.25) is 9.59 Å². The van der Waals surface area contributed by atoms with E-state index in [0.29, 0.717) is 65.8 Å². The molecule has 1 aromatic carbocycles. The largest absolute Gasteiger partial charge is 0.480 e. The number of rotatable bonds is 7. The summed E-state index contributed by atoms with van der Waals surface area (Å²) in [6, 6.07) is 3.61. The molecule has 1 aromatic rings. The zero-order valence-electron chi connectivity index (χ0n) is 21.9. The zero-order valence-corrected chi connectivity index (χ0v) is 25.0. The minimum Gasteiger partial charge on any atom is -0.480 e. The molecule has 0 spiro atoms. The fourth-order valence-electron chi connectivity index (χ4n) is 5.89. The standard InChI is InChI=1S/C28H33Br2NO6/c1-27(2)10-18-24(20(32)12-27)23(16-8-15(29)9-17(30)26(16)37-14-22(34)35)25-19(31(18)6-7-36-5)11-28(3,4)13-21(25)33/h8-9,23H,6-7,10-14H2,1-5H3,(H,34,35). The van der Waals surface area contributed by atoms with Crippen molar-refractivity contribution in [2.75, 3.05) is 26.9 Å². The Labute approximate surface area is 234 Å². The van der Waals surface area contributed by atoms with Crippen LogP contribution in [0, 0.1) is 10.8 Å². The molecule has 0 radical (unpaired) electrons. The Balaban J connectivity index is 2.03. The van der Waals surface area contributed by atoms with Gasteiger partial charge in [0.2, 0.25) is 0 Å². The minimum atomic E-state index is -1.11. The first-order valence-corrected chi connectivity index (χ1v) is 14.0. The summed E-state index contributed by atoms with van der Waals surface area (Å²) in [5.74, 6) is -1.42. The van der Waals surface area contributed by atoms with E-state index in [4.69, 9.17) is 9.47 Å². The number of nitrogens with zero attached hydrogens (tertiary/aromatic N) is 1. The van der Waals surface area contributed by atoms with Crippen LogP contribution in [-0.2, 0) is 19.1 Å². The van der Waals surface area contributed by atoms with E-state index in [1.165, 1.54) is 0 Å². The van der Waals surface area contributed by atoms with E-state index in [2.05, 4.69) is 64.5 Å². The molecular formula is C28H33Br2NO6. The third-order valence-corrected chi connectivity index (χ3v) is 8.28. The maximum absolute atomic E-state index is 13.9. The number of methoxy groups -OCH3 is 1. The molecule has 200 valence electrons. The van der Waals surface area contributed by atoms with Gasteiger partial charge in [0.15, 0.2) is 18.2 Å². The highest BCUT2D eigenvalue weighted by Gasteiger charge is 2.49. The van der Waals surface area contributed by atoms with Crippen molar-refractivity contribution in [1.29, 1.82) is 0 Å². The van der Waals surface area contributed by atoms with Crippen LogP contribution < -0.4 is 4.74 Å². The summed E-state index contributed by atoms with van der Waals surface area (Å²) < 4.78 is 12.5. The summed E-state index contributed by atoms with van der Waals surface area (Å²) in [6.07, 6.45) is 2.09. The first-order chi connectivity index (χ1) is 17.2. The summed E-state index contributed by atoms with van der Waals surface area (Å²) in [5, 5.41) is 9.32. The normalized spacial score (nSPS) is 21.2. The summed E-state index contributed by atoms with van der Waals surface area (Å²) >= 11 is 7.08. The molecule has 0 fully saturated rings. The third kappa shape index (κ3) is 5.59. The van der Waals surface area contributed by atoms with E-state index < -0.39 is 18.5 Å². The van der Waals surface area contributed by atoms with E-state index in [9.17, 15) is 19.5 Å². The third-order valence-electron chi connectivity index (χ3n) is 7.23. The number of hydrogen-bond acceptors (Lipinski definition) is 6. The fraction of sp³-hybridized carbons (Fsp3) is 0.536. The number of carboxylic acid groups (broad SMARTS) is 1. The van der Waals surface area contributed by atoms with Crippen LogP contribution in [0.2, 0.25) is 0 Å². The average Bonchev–Trinajstić information content (AvgIpc) is 2.74. The van der Waals surface area contributed by atoms with Crippen molar-refractivity contribution in [3.8, 4) is 5.75 Å². The van der Waals surface area contributed by atoms with E-state index in [1.807, 2.05) is 6.07 Å². The molecule has 0 amide bonds. The molecule has 0 unspecified atom stereocenters. The van der Waals surface area contributed by atoms with Crippen LogP contribution in [0.15, 0.2) is 43.6 Å². The lowest BCUT2D eigenvalue weighted by atomic mass is 9.63. The van der Waals surface area contributed by atoms with Gasteiger partial charge in [-0.25, -0.2) is 4.79 Å². The fourth-order valence-corrected chi connectivity index (χ4v) is 7.26. The number of aliphatic carboxylic acids is 1. The molecule has 2 aliphatic carbocycles. The van der Waals surface area contributed by atoms with Crippen molar-refractivity contribution >= 4 is 49.4 Å². The van der Waals surface area contributed by atoms with Gasteiger partial charge in [-0.05, 0) is 51.7 Å². The number of ketones is 2. The Morgan fingerprint density at radius 2 is 1.54 bits per heavy atom. The number of carbonyl (C=O) groups is 3. The highest BCUT2D eigenvalue weighted by molar-refractivity contribution is 9.11. The lowest BCUT2D eigenvalue weighted by Gasteiger charge is -2.49. The maximum Gasteiger partial charge on any atom is 0.341 e. The second-order valence-electron chi connectivity index (χ2n) is 11.7. The second-order valence-corrected chi connectivity index (χ2v) is 13.4. The molecule has 9 heteroatoms. The van der Waals surface area contributed by atoms with Gasteiger partial charge in [0.1, 0.15) is 5.75 Å². The van der Waals surface area contributed by atoms with Crippen LogP contribution in [0.25, 0.3) is 0 Å². The predicted octanol–water partition coefficient (Wildman–Crippen LogP) is 6.01. The topological polar surface area (TPSA) is 93.1 Å².